The van der Waals surface area contributed by atoms with Gasteiger partial charge in [0.1, 0.15) is 11.7 Å². The molecule has 2 fully saturated rings. The molecular formula is C31H39N7O2. The Morgan fingerprint density at radius 2 is 1.75 bits per heavy atom. The number of para-hydroxylation sites is 1. The lowest BCUT2D eigenvalue weighted by Gasteiger charge is -2.39. The zero-order valence-electron chi connectivity index (χ0n) is 23.9. The van der Waals surface area contributed by atoms with E-state index in [9.17, 15) is 10.1 Å². The first-order valence-corrected chi connectivity index (χ1v) is 14.5. The number of hydrogen-bond acceptors (Lipinski definition) is 7. The lowest BCUT2D eigenvalue weighted by Crippen LogP contribution is -2.50. The van der Waals surface area contributed by atoms with Gasteiger partial charge in [-0.2, -0.15) is 5.26 Å². The van der Waals surface area contributed by atoms with Gasteiger partial charge in [-0.05, 0) is 49.0 Å². The van der Waals surface area contributed by atoms with Gasteiger partial charge in [-0.25, -0.2) is 9.97 Å². The molecular weight excluding hydrogens is 502 g/mol. The summed E-state index contributed by atoms with van der Waals surface area (Å²) < 4.78 is 7.67. The standard InChI is InChI=1S/C31H39N7O2/c1-30(2,3)22-38-24(18-23-20-33-27(19-32)34-28(23)38)21-37-26-7-5-4-6-25(26)31(29(37)39)8-10-35(11-9-31)12-13-36-14-16-40-17-15-36/h4-7,18,20H,8-17,21-22H2,1-3H3. The zero-order chi connectivity index (χ0) is 27.9. The average molecular weight is 542 g/mol. The maximum atomic E-state index is 14.4. The van der Waals surface area contributed by atoms with Crippen molar-refractivity contribution in [3.63, 3.8) is 0 Å². The summed E-state index contributed by atoms with van der Waals surface area (Å²) in [6, 6.07) is 12.5. The second kappa shape index (κ2) is 10.6. The highest BCUT2D eigenvalue weighted by molar-refractivity contribution is 6.08. The van der Waals surface area contributed by atoms with Gasteiger partial charge in [0.2, 0.25) is 11.7 Å². The van der Waals surface area contributed by atoms with E-state index >= 15 is 0 Å². The monoisotopic (exact) mass is 541 g/mol. The number of piperidine rings is 1. The Balaban J connectivity index is 1.26. The second-order valence-corrected chi connectivity index (χ2v) is 12.7. The van der Waals surface area contributed by atoms with Gasteiger partial charge in [0.05, 0.1) is 25.2 Å². The van der Waals surface area contributed by atoms with E-state index in [-0.39, 0.29) is 17.1 Å². The molecule has 40 heavy (non-hydrogen) atoms. The Kier molecular flexibility index (Phi) is 7.11. The minimum atomic E-state index is -0.472. The Morgan fingerprint density at radius 1 is 1.05 bits per heavy atom. The van der Waals surface area contributed by atoms with E-state index in [1.165, 1.54) is 0 Å². The average Bonchev–Trinajstić information content (AvgIpc) is 3.40. The highest BCUT2D eigenvalue weighted by Gasteiger charge is 2.52. The van der Waals surface area contributed by atoms with Crippen molar-refractivity contribution in [2.45, 2.75) is 52.1 Å². The molecule has 0 atom stereocenters. The number of benzene rings is 1. The van der Waals surface area contributed by atoms with Crippen LogP contribution in [0, 0.1) is 16.7 Å². The number of hydrogen-bond donors (Lipinski definition) is 0. The quantitative estimate of drug-likeness (QED) is 0.471. The number of ether oxygens (including phenoxy) is 1. The molecule has 1 aromatic carbocycles. The van der Waals surface area contributed by atoms with Crippen molar-refractivity contribution in [3.8, 4) is 6.07 Å². The van der Waals surface area contributed by atoms with Crippen molar-refractivity contribution >= 4 is 22.6 Å². The molecule has 1 spiro atoms. The molecule has 9 nitrogen and oxygen atoms in total. The van der Waals surface area contributed by atoms with E-state index in [0.717, 1.165) is 99.8 Å². The third-order valence-corrected chi connectivity index (χ3v) is 8.68. The minimum absolute atomic E-state index is 0.0132. The highest BCUT2D eigenvalue weighted by atomic mass is 16.5. The van der Waals surface area contributed by atoms with E-state index in [2.05, 4.69) is 75.4 Å². The molecule has 6 rings (SSSR count). The molecule has 0 saturated carbocycles. The molecule has 210 valence electrons. The summed E-state index contributed by atoms with van der Waals surface area (Å²) in [6.45, 7) is 15.4. The lowest BCUT2D eigenvalue weighted by atomic mass is 9.73. The maximum Gasteiger partial charge on any atom is 0.238 e. The lowest BCUT2D eigenvalue weighted by molar-refractivity contribution is -0.125. The Hall–Kier alpha value is -3.32. The van der Waals surface area contributed by atoms with Crippen LogP contribution >= 0.6 is 0 Å². The van der Waals surface area contributed by atoms with Crippen molar-refractivity contribution in [2.24, 2.45) is 5.41 Å². The predicted molar refractivity (Wildman–Crippen MR) is 154 cm³/mol. The van der Waals surface area contributed by atoms with Gasteiger partial charge in [-0.15, -0.1) is 0 Å². The first-order chi connectivity index (χ1) is 19.3. The third kappa shape index (κ3) is 5.00. The number of likely N-dealkylation sites (tertiary alicyclic amines) is 1. The fourth-order valence-electron chi connectivity index (χ4n) is 6.59. The molecule has 1 amide bonds. The minimum Gasteiger partial charge on any atom is -0.379 e. The number of anilines is 1. The third-order valence-electron chi connectivity index (χ3n) is 8.68. The van der Waals surface area contributed by atoms with Gasteiger partial charge >= 0.3 is 0 Å². The highest BCUT2D eigenvalue weighted by Crippen LogP contribution is 2.48. The normalized spacial score (nSPS) is 19.9. The first-order valence-electron chi connectivity index (χ1n) is 14.5. The van der Waals surface area contributed by atoms with Crippen LogP contribution in [0.4, 0.5) is 5.69 Å². The fraction of sp³-hybridized carbons (Fsp3) is 0.548. The van der Waals surface area contributed by atoms with Crippen LogP contribution in [0.15, 0.2) is 36.5 Å². The number of carbonyl (C=O) groups excluding carboxylic acids is 1. The van der Waals surface area contributed by atoms with Crippen molar-refractivity contribution in [1.29, 1.82) is 5.26 Å². The van der Waals surface area contributed by atoms with E-state index in [4.69, 9.17) is 4.74 Å². The van der Waals surface area contributed by atoms with E-state index in [1.807, 2.05) is 11.0 Å². The predicted octanol–water partition coefficient (Wildman–Crippen LogP) is 3.56. The Bertz CT molecular complexity index is 1440. The van der Waals surface area contributed by atoms with Gasteiger partial charge in [0, 0.05) is 55.7 Å². The van der Waals surface area contributed by atoms with E-state index in [1.54, 1.807) is 6.20 Å². The van der Waals surface area contributed by atoms with Crippen LogP contribution in [0.25, 0.3) is 11.0 Å². The van der Waals surface area contributed by atoms with Crippen LogP contribution in [-0.4, -0.2) is 82.7 Å². The number of carbonyl (C=O) groups is 1. The van der Waals surface area contributed by atoms with Gasteiger partial charge in [0.15, 0.2) is 0 Å². The number of aromatic nitrogens is 3. The van der Waals surface area contributed by atoms with Crippen LogP contribution in [0.1, 0.15) is 50.7 Å². The number of nitriles is 1. The van der Waals surface area contributed by atoms with Crippen molar-refractivity contribution in [3.05, 3.63) is 53.6 Å². The van der Waals surface area contributed by atoms with Gasteiger partial charge in [-0.1, -0.05) is 39.0 Å². The van der Waals surface area contributed by atoms with Gasteiger partial charge in [-0.3, -0.25) is 9.69 Å². The number of amides is 1. The zero-order valence-corrected chi connectivity index (χ0v) is 23.9. The van der Waals surface area contributed by atoms with Crippen LogP contribution < -0.4 is 4.90 Å². The summed E-state index contributed by atoms with van der Waals surface area (Å²) in [5, 5.41) is 10.3. The topological polar surface area (TPSA) is 90.5 Å². The molecule has 3 aliphatic rings. The molecule has 0 N–H and O–H groups in total. The fourth-order valence-corrected chi connectivity index (χ4v) is 6.59. The number of fused-ring (bicyclic) bond motifs is 3. The Labute approximate surface area is 236 Å². The SMILES string of the molecule is CC(C)(C)Cn1c(CN2C(=O)C3(CCN(CCN4CCOCC4)CC3)c3ccccc32)cc2cnc(C#N)nc21. The molecule has 0 radical (unpaired) electrons. The van der Waals surface area contributed by atoms with Crippen LogP contribution in [0.3, 0.4) is 0 Å². The maximum absolute atomic E-state index is 14.4. The Morgan fingerprint density at radius 3 is 2.45 bits per heavy atom. The molecule has 0 unspecified atom stereocenters. The summed E-state index contributed by atoms with van der Waals surface area (Å²) in [7, 11) is 0. The van der Waals surface area contributed by atoms with Crippen LogP contribution in [-0.2, 0) is 28.0 Å². The number of rotatable bonds is 6. The molecule has 5 heterocycles. The van der Waals surface area contributed by atoms with Crippen molar-refractivity contribution in [2.75, 3.05) is 57.4 Å². The molecule has 0 aliphatic carbocycles. The number of morpholine rings is 1. The largest absolute Gasteiger partial charge is 0.379 e. The van der Waals surface area contributed by atoms with Crippen molar-refractivity contribution < 1.29 is 9.53 Å². The summed E-state index contributed by atoms with van der Waals surface area (Å²) in [5.41, 5.74) is 3.46. The molecule has 2 saturated heterocycles. The smallest absolute Gasteiger partial charge is 0.238 e. The molecule has 9 heteroatoms. The second-order valence-electron chi connectivity index (χ2n) is 12.7. The van der Waals surface area contributed by atoms with E-state index < -0.39 is 5.41 Å². The molecule has 3 aromatic rings. The summed E-state index contributed by atoms with van der Waals surface area (Å²) >= 11 is 0. The van der Waals surface area contributed by atoms with E-state index in [0.29, 0.717) is 6.54 Å². The summed E-state index contributed by atoms with van der Waals surface area (Å²) in [4.78, 5) is 30.1. The van der Waals surface area contributed by atoms with Gasteiger partial charge in [0.25, 0.3) is 0 Å². The summed E-state index contributed by atoms with van der Waals surface area (Å²) in [5.74, 6) is 0.368. The number of nitrogens with zero attached hydrogens (tertiary/aromatic N) is 7. The van der Waals surface area contributed by atoms with Crippen LogP contribution in [0.5, 0.6) is 0 Å². The van der Waals surface area contributed by atoms with Gasteiger partial charge < -0.3 is 19.1 Å². The summed E-state index contributed by atoms with van der Waals surface area (Å²) in [6.07, 6.45) is 3.40. The molecule has 3 aliphatic heterocycles. The molecule has 0 bridgehead atoms. The van der Waals surface area contributed by atoms with Crippen LogP contribution in [0.2, 0.25) is 0 Å². The first kappa shape index (κ1) is 26.9. The van der Waals surface area contributed by atoms with Crippen molar-refractivity contribution in [1.82, 2.24) is 24.3 Å². The molecule has 2 aromatic heterocycles.